The molecule has 0 saturated heterocycles. The summed E-state index contributed by atoms with van der Waals surface area (Å²) in [4.78, 5) is 2.43. The van der Waals surface area contributed by atoms with Gasteiger partial charge in [-0.3, -0.25) is 0 Å². The first kappa shape index (κ1) is 22.0. The predicted molar refractivity (Wildman–Crippen MR) is 153 cm³/mol. The molecular formula is C35H29NO2. The van der Waals surface area contributed by atoms with Crippen molar-refractivity contribution in [1.29, 1.82) is 0 Å². The number of nitrogens with zero attached hydrogens (tertiary/aromatic N) is 1. The van der Waals surface area contributed by atoms with Gasteiger partial charge >= 0.3 is 0 Å². The van der Waals surface area contributed by atoms with Crippen LogP contribution in [0, 0.1) is 6.92 Å². The molecule has 3 heterocycles. The van der Waals surface area contributed by atoms with Gasteiger partial charge in [0.1, 0.15) is 11.5 Å². The zero-order valence-corrected chi connectivity index (χ0v) is 21.9. The minimum atomic E-state index is -0.710. The van der Waals surface area contributed by atoms with Crippen LogP contribution < -0.4 is 9.64 Å². The number of benzene rings is 5. The highest BCUT2D eigenvalue weighted by molar-refractivity contribution is 5.91. The van der Waals surface area contributed by atoms with E-state index in [4.69, 9.17) is 9.47 Å². The van der Waals surface area contributed by atoms with Crippen LogP contribution in [0.1, 0.15) is 47.2 Å². The Kier molecular flexibility index (Phi) is 4.33. The van der Waals surface area contributed by atoms with Gasteiger partial charge in [-0.15, -0.1) is 0 Å². The Morgan fingerprint density at radius 1 is 0.737 bits per heavy atom. The molecule has 0 radical (unpaired) electrons. The lowest BCUT2D eigenvalue weighted by atomic mass is 9.76. The molecule has 0 aromatic heterocycles. The van der Waals surface area contributed by atoms with Crippen LogP contribution in [-0.2, 0) is 22.4 Å². The highest BCUT2D eigenvalue weighted by Gasteiger charge is 2.50. The van der Waals surface area contributed by atoms with Crippen molar-refractivity contribution in [2.75, 3.05) is 11.4 Å². The van der Waals surface area contributed by atoms with Gasteiger partial charge in [-0.05, 0) is 58.7 Å². The van der Waals surface area contributed by atoms with E-state index in [9.17, 15) is 0 Å². The van der Waals surface area contributed by atoms with Crippen LogP contribution in [0.3, 0.4) is 0 Å². The Bertz CT molecular complexity index is 1790. The highest BCUT2D eigenvalue weighted by Crippen LogP contribution is 2.58. The van der Waals surface area contributed by atoms with E-state index >= 15 is 0 Å². The predicted octanol–water partition coefficient (Wildman–Crippen LogP) is 8.51. The second-order valence-electron chi connectivity index (χ2n) is 11.6. The molecule has 0 bridgehead atoms. The van der Waals surface area contributed by atoms with Gasteiger partial charge in [-0.2, -0.15) is 0 Å². The van der Waals surface area contributed by atoms with Crippen molar-refractivity contribution in [1.82, 2.24) is 0 Å². The third-order valence-corrected chi connectivity index (χ3v) is 8.69. The van der Waals surface area contributed by atoms with Crippen LogP contribution in [0.4, 0.5) is 11.4 Å². The van der Waals surface area contributed by atoms with E-state index in [0.29, 0.717) is 6.61 Å². The second kappa shape index (κ2) is 7.49. The molecule has 5 aromatic rings. The molecule has 3 nitrogen and oxygen atoms in total. The van der Waals surface area contributed by atoms with E-state index in [1.54, 1.807) is 0 Å². The standard InChI is InChI=1S/C35H29NO2/c1-22-12-16-30-29(18-22)34(2,3)21-36(30)25-14-15-28-32(19-25)38-31-17-13-23-8-4-6-10-26(23)33(31)35(28)27-11-7-5-9-24(27)20-37-35/h4-19H,20-21H2,1-3H3. The zero-order chi connectivity index (χ0) is 25.6. The van der Waals surface area contributed by atoms with E-state index in [-0.39, 0.29) is 5.41 Å². The van der Waals surface area contributed by atoms with Crippen molar-refractivity contribution in [3.8, 4) is 11.5 Å². The second-order valence-corrected chi connectivity index (χ2v) is 11.6. The Morgan fingerprint density at radius 2 is 1.58 bits per heavy atom. The molecular weight excluding hydrogens is 466 g/mol. The number of rotatable bonds is 1. The van der Waals surface area contributed by atoms with Gasteiger partial charge in [0.25, 0.3) is 0 Å². The molecule has 3 aliphatic heterocycles. The molecule has 1 spiro atoms. The summed E-state index contributed by atoms with van der Waals surface area (Å²) in [7, 11) is 0. The number of anilines is 2. The largest absolute Gasteiger partial charge is 0.456 e. The lowest BCUT2D eigenvalue weighted by molar-refractivity contribution is 0.0211. The molecule has 1 unspecified atom stereocenters. The number of hydrogen-bond acceptors (Lipinski definition) is 3. The fourth-order valence-electron chi connectivity index (χ4n) is 6.91. The van der Waals surface area contributed by atoms with E-state index in [0.717, 1.165) is 34.9 Å². The molecule has 3 aliphatic rings. The SMILES string of the molecule is Cc1ccc2c(c1)C(C)(C)CN2c1ccc2c(c1)Oc1ccc3ccccc3c1C21OCc2ccccc21. The van der Waals surface area contributed by atoms with E-state index < -0.39 is 5.60 Å². The Morgan fingerprint density at radius 3 is 2.50 bits per heavy atom. The fourth-order valence-corrected chi connectivity index (χ4v) is 6.91. The van der Waals surface area contributed by atoms with Crippen molar-refractivity contribution in [2.24, 2.45) is 0 Å². The minimum absolute atomic E-state index is 0.0678. The smallest absolute Gasteiger partial charge is 0.152 e. The molecule has 38 heavy (non-hydrogen) atoms. The minimum Gasteiger partial charge on any atom is -0.456 e. The normalized spacial score (nSPS) is 20.1. The van der Waals surface area contributed by atoms with Gasteiger partial charge in [0.2, 0.25) is 0 Å². The summed E-state index contributed by atoms with van der Waals surface area (Å²) in [6.45, 7) is 8.34. The van der Waals surface area contributed by atoms with Gasteiger partial charge in [-0.1, -0.05) is 86.1 Å². The first-order chi connectivity index (χ1) is 18.5. The van der Waals surface area contributed by atoms with E-state index in [2.05, 4.69) is 123 Å². The molecule has 0 amide bonds. The van der Waals surface area contributed by atoms with E-state index in [1.165, 1.54) is 38.7 Å². The highest BCUT2D eigenvalue weighted by atomic mass is 16.5. The molecule has 8 rings (SSSR count). The Hall–Kier alpha value is -4.08. The molecule has 1 atom stereocenters. The number of aryl methyl sites for hydroxylation is 1. The number of ether oxygens (including phenoxy) is 2. The summed E-state index contributed by atoms with van der Waals surface area (Å²) in [6, 6.07) is 34.9. The fraction of sp³-hybridized carbons (Fsp3) is 0.200. The van der Waals surface area contributed by atoms with Crippen molar-refractivity contribution in [3.05, 3.63) is 130 Å². The molecule has 0 saturated carbocycles. The van der Waals surface area contributed by atoms with Crippen LogP contribution in [0.2, 0.25) is 0 Å². The number of hydrogen-bond donors (Lipinski definition) is 0. The van der Waals surface area contributed by atoms with Crippen LogP contribution in [0.25, 0.3) is 10.8 Å². The van der Waals surface area contributed by atoms with E-state index in [1.807, 2.05) is 0 Å². The topological polar surface area (TPSA) is 21.7 Å². The van der Waals surface area contributed by atoms with Crippen molar-refractivity contribution in [3.63, 3.8) is 0 Å². The molecule has 5 aromatic carbocycles. The molecule has 0 fully saturated rings. The van der Waals surface area contributed by atoms with Crippen molar-refractivity contribution in [2.45, 2.75) is 38.4 Å². The maximum Gasteiger partial charge on any atom is 0.152 e. The Balaban J connectivity index is 1.36. The monoisotopic (exact) mass is 495 g/mol. The first-order valence-corrected chi connectivity index (χ1v) is 13.4. The van der Waals surface area contributed by atoms with Crippen LogP contribution in [0.15, 0.2) is 97.1 Å². The summed E-state index contributed by atoms with van der Waals surface area (Å²) in [5.74, 6) is 1.73. The van der Waals surface area contributed by atoms with Gasteiger partial charge in [-0.25, -0.2) is 0 Å². The van der Waals surface area contributed by atoms with Gasteiger partial charge in [0.15, 0.2) is 5.60 Å². The Labute approximate surface area is 223 Å². The van der Waals surface area contributed by atoms with Crippen LogP contribution in [0.5, 0.6) is 11.5 Å². The lowest BCUT2D eigenvalue weighted by Gasteiger charge is -2.38. The van der Waals surface area contributed by atoms with Crippen molar-refractivity contribution < 1.29 is 9.47 Å². The zero-order valence-electron chi connectivity index (χ0n) is 21.9. The summed E-state index contributed by atoms with van der Waals surface area (Å²) in [5.41, 5.74) is 9.09. The molecule has 0 aliphatic carbocycles. The van der Waals surface area contributed by atoms with Gasteiger partial charge in [0, 0.05) is 40.5 Å². The van der Waals surface area contributed by atoms with Gasteiger partial charge < -0.3 is 14.4 Å². The van der Waals surface area contributed by atoms with Gasteiger partial charge in [0.05, 0.1) is 6.61 Å². The quantitative estimate of drug-likeness (QED) is 0.233. The third kappa shape index (κ3) is 2.83. The third-order valence-electron chi connectivity index (χ3n) is 8.69. The molecule has 186 valence electrons. The maximum absolute atomic E-state index is 6.89. The summed E-state index contributed by atoms with van der Waals surface area (Å²) >= 11 is 0. The summed E-state index contributed by atoms with van der Waals surface area (Å²) in [6.07, 6.45) is 0. The lowest BCUT2D eigenvalue weighted by Crippen LogP contribution is -2.33. The molecule has 3 heteroatoms. The first-order valence-electron chi connectivity index (χ1n) is 13.4. The average Bonchev–Trinajstić information content (AvgIpc) is 3.43. The molecule has 0 N–H and O–H groups in total. The number of fused-ring (bicyclic) bond motifs is 9. The maximum atomic E-state index is 6.89. The average molecular weight is 496 g/mol. The summed E-state index contributed by atoms with van der Waals surface area (Å²) in [5, 5.41) is 2.36. The van der Waals surface area contributed by atoms with Crippen molar-refractivity contribution >= 4 is 22.1 Å². The van der Waals surface area contributed by atoms with Crippen LogP contribution >= 0.6 is 0 Å². The van der Waals surface area contributed by atoms with Crippen LogP contribution in [-0.4, -0.2) is 6.54 Å². The summed E-state index contributed by atoms with van der Waals surface area (Å²) < 4.78 is 13.6.